The number of aromatic nitrogens is 1. The second kappa shape index (κ2) is 12.4. The minimum Gasteiger partial charge on any atom is -0.485 e. The highest BCUT2D eigenvalue weighted by atomic mass is 19.1. The van der Waals surface area contributed by atoms with E-state index in [0.717, 1.165) is 73.3 Å². The van der Waals surface area contributed by atoms with Gasteiger partial charge in [-0.05, 0) is 97.3 Å². The van der Waals surface area contributed by atoms with Crippen LogP contribution in [-0.4, -0.2) is 41.2 Å². The van der Waals surface area contributed by atoms with Gasteiger partial charge in [0.2, 0.25) is 5.88 Å². The Labute approximate surface area is 247 Å². The summed E-state index contributed by atoms with van der Waals surface area (Å²) in [5.41, 5.74) is 5.74. The van der Waals surface area contributed by atoms with Crippen LogP contribution in [0, 0.1) is 17.7 Å². The molecule has 2 aromatic carbocycles. The summed E-state index contributed by atoms with van der Waals surface area (Å²) in [6.07, 6.45) is 9.79. The van der Waals surface area contributed by atoms with Crippen molar-refractivity contribution in [1.29, 1.82) is 0 Å². The first kappa shape index (κ1) is 28.7. The second-order valence-corrected chi connectivity index (χ2v) is 12.3. The minimum atomic E-state index is -0.743. The van der Waals surface area contributed by atoms with Crippen LogP contribution in [0.3, 0.4) is 0 Å². The Balaban J connectivity index is 1.31. The average Bonchev–Trinajstić information content (AvgIpc) is 2.99. The minimum absolute atomic E-state index is 0.00629. The van der Waals surface area contributed by atoms with E-state index in [1.165, 1.54) is 37.4 Å². The Hall–Kier alpha value is -3.45. The molecule has 3 aromatic rings. The summed E-state index contributed by atoms with van der Waals surface area (Å²) in [5.74, 6) is 0.101. The molecule has 1 aromatic heterocycles. The molecule has 3 heterocycles. The maximum atomic E-state index is 15.1. The number of ether oxygens (including phenoxy) is 2. The van der Waals surface area contributed by atoms with E-state index in [1.807, 2.05) is 13.0 Å². The first-order chi connectivity index (χ1) is 20.4. The molecule has 1 saturated heterocycles. The van der Waals surface area contributed by atoms with Gasteiger partial charge in [0.25, 0.3) is 0 Å². The highest BCUT2D eigenvalue weighted by Gasteiger charge is 2.36. The van der Waals surface area contributed by atoms with Gasteiger partial charge in [0.1, 0.15) is 17.7 Å². The molecule has 6 rings (SSSR count). The fourth-order valence-electron chi connectivity index (χ4n) is 7.05. The summed E-state index contributed by atoms with van der Waals surface area (Å²) in [6, 6.07) is 14.3. The van der Waals surface area contributed by atoms with Crippen molar-refractivity contribution in [2.75, 3.05) is 20.2 Å². The van der Waals surface area contributed by atoms with Crippen LogP contribution >= 0.6 is 0 Å². The third-order valence-electron chi connectivity index (χ3n) is 9.68. The van der Waals surface area contributed by atoms with Gasteiger partial charge < -0.3 is 14.6 Å². The van der Waals surface area contributed by atoms with Crippen LogP contribution in [-0.2, 0) is 17.8 Å². The zero-order valence-electron chi connectivity index (χ0n) is 24.7. The fourth-order valence-corrected chi connectivity index (χ4v) is 7.05. The van der Waals surface area contributed by atoms with Crippen LogP contribution in [0.15, 0.2) is 48.7 Å². The third-order valence-corrected chi connectivity index (χ3v) is 9.68. The number of carboxylic acid groups (broad SMARTS) is 1. The van der Waals surface area contributed by atoms with Crippen molar-refractivity contribution in [3.8, 4) is 22.8 Å². The lowest BCUT2D eigenvalue weighted by Gasteiger charge is -2.37. The van der Waals surface area contributed by atoms with Crippen LogP contribution < -0.4 is 9.47 Å². The highest BCUT2D eigenvalue weighted by Crippen LogP contribution is 2.46. The Morgan fingerprint density at radius 3 is 2.60 bits per heavy atom. The SMILES string of the molecule is COc1cc(-c2ccc(C3CCc4ccc(C(C5CCC5)[C@H](C)C(=O)O)cc4O3)cc2CN2CCCCC2)c(F)cn1. The molecular weight excluding hydrogens is 531 g/mol. The summed E-state index contributed by atoms with van der Waals surface area (Å²) in [5, 5.41) is 9.84. The van der Waals surface area contributed by atoms with Crippen molar-refractivity contribution in [3.05, 3.63) is 76.7 Å². The summed E-state index contributed by atoms with van der Waals surface area (Å²) >= 11 is 0. The number of rotatable bonds is 9. The average molecular weight is 573 g/mol. The number of hydrogen-bond acceptors (Lipinski definition) is 5. The number of methoxy groups -OCH3 is 1. The zero-order valence-corrected chi connectivity index (χ0v) is 24.7. The normalized spacial score (nSPS) is 20.6. The first-order valence-electron chi connectivity index (χ1n) is 15.5. The van der Waals surface area contributed by atoms with Crippen molar-refractivity contribution in [2.45, 2.75) is 76.9 Å². The molecule has 222 valence electrons. The van der Waals surface area contributed by atoms with Crippen LogP contribution in [0.4, 0.5) is 4.39 Å². The van der Waals surface area contributed by atoms with Gasteiger partial charge in [0.15, 0.2) is 0 Å². The van der Waals surface area contributed by atoms with Gasteiger partial charge in [-0.1, -0.05) is 50.1 Å². The van der Waals surface area contributed by atoms with E-state index in [9.17, 15) is 9.90 Å². The molecule has 3 atom stereocenters. The number of hydrogen-bond donors (Lipinski definition) is 1. The Kier molecular flexibility index (Phi) is 8.48. The van der Waals surface area contributed by atoms with Crippen LogP contribution in [0.25, 0.3) is 11.1 Å². The van der Waals surface area contributed by atoms with Gasteiger partial charge in [-0.3, -0.25) is 9.69 Å². The molecule has 0 spiro atoms. The Bertz CT molecular complexity index is 1430. The highest BCUT2D eigenvalue weighted by molar-refractivity contribution is 5.71. The standard InChI is InChI=1S/C35H41FN2O4/c1-22(35(39)40)34(24-7-6-8-24)26-10-9-23-12-14-31(42-32(23)18-26)25-11-13-28(29-19-33(41-2)37-20-30(29)36)27(17-25)21-38-15-4-3-5-16-38/h9-11,13,17-20,22,24,31,34H,3-8,12,14-16,21H2,1-2H3,(H,39,40)/t22-,31?,34?/m0/s1. The van der Waals surface area contributed by atoms with Crippen molar-refractivity contribution in [3.63, 3.8) is 0 Å². The third kappa shape index (κ3) is 5.89. The van der Waals surface area contributed by atoms with Gasteiger partial charge in [-0.25, -0.2) is 9.37 Å². The van der Waals surface area contributed by atoms with Crippen molar-refractivity contribution in [1.82, 2.24) is 9.88 Å². The number of halogens is 1. The quantitative estimate of drug-likeness (QED) is 0.285. The van der Waals surface area contributed by atoms with Crippen LogP contribution in [0.2, 0.25) is 0 Å². The summed E-state index contributed by atoms with van der Waals surface area (Å²) in [4.78, 5) is 18.5. The lowest BCUT2D eigenvalue weighted by molar-refractivity contribution is -0.142. The Morgan fingerprint density at radius 1 is 1.07 bits per heavy atom. The van der Waals surface area contributed by atoms with Crippen molar-refractivity contribution >= 4 is 5.97 Å². The predicted molar refractivity (Wildman–Crippen MR) is 160 cm³/mol. The summed E-state index contributed by atoms with van der Waals surface area (Å²) < 4.78 is 27.1. The van der Waals surface area contributed by atoms with E-state index < -0.39 is 11.9 Å². The lowest BCUT2D eigenvalue weighted by Crippen LogP contribution is -2.30. The predicted octanol–water partition coefficient (Wildman–Crippen LogP) is 7.55. The fraction of sp³-hybridized carbons (Fsp3) is 0.486. The van der Waals surface area contributed by atoms with Gasteiger partial charge in [-0.15, -0.1) is 0 Å². The van der Waals surface area contributed by atoms with E-state index in [4.69, 9.17) is 9.47 Å². The van der Waals surface area contributed by atoms with Gasteiger partial charge >= 0.3 is 5.97 Å². The van der Waals surface area contributed by atoms with Crippen molar-refractivity contribution in [2.24, 2.45) is 11.8 Å². The van der Waals surface area contributed by atoms with Crippen LogP contribution in [0.1, 0.15) is 86.1 Å². The molecule has 1 N–H and O–H groups in total. The summed E-state index contributed by atoms with van der Waals surface area (Å²) in [7, 11) is 1.54. The number of carboxylic acids is 1. The number of aryl methyl sites for hydroxylation is 1. The number of fused-ring (bicyclic) bond motifs is 1. The molecule has 0 radical (unpaired) electrons. The summed E-state index contributed by atoms with van der Waals surface area (Å²) in [6.45, 7) is 4.66. The van der Waals surface area contributed by atoms with E-state index in [0.29, 0.717) is 17.4 Å². The molecule has 2 unspecified atom stereocenters. The van der Waals surface area contributed by atoms with E-state index in [2.05, 4.69) is 40.2 Å². The second-order valence-electron chi connectivity index (χ2n) is 12.3. The molecule has 1 aliphatic carbocycles. The molecule has 2 fully saturated rings. The lowest BCUT2D eigenvalue weighted by atomic mass is 9.68. The zero-order chi connectivity index (χ0) is 29.2. The molecule has 0 bridgehead atoms. The number of benzene rings is 2. The molecule has 1 saturated carbocycles. The molecule has 42 heavy (non-hydrogen) atoms. The molecule has 6 nitrogen and oxygen atoms in total. The monoisotopic (exact) mass is 572 g/mol. The molecule has 3 aliphatic rings. The number of aliphatic carboxylic acids is 1. The first-order valence-corrected chi connectivity index (χ1v) is 15.5. The number of carbonyl (C=O) groups is 1. The topological polar surface area (TPSA) is 71.9 Å². The molecular formula is C35H41FN2O4. The Morgan fingerprint density at radius 2 is 1.88 bits per heavy atom. The number of likely N-dealkylation sites (tertiary alicyclic amines) is 1. The molecule has 2 aliphatic heterocycles. The van der Waals surface area contributed by atoms with E-state index >= 15 is 4.39 Å². The maximum absolute atomic E-state index is 15.1. The number of piperidine rings is 1. The van der Waals surface area contributed by atoms with Gasteiger partial charge in [0, 0.05) is 18.2 Å². The van der Waals surface area contributed by atoms with Crippen LogP contribution in [0.5, 0.6) is 11.6 Å². The molecule has 7 heteroatoms. The number of nitrogens with zero attached hydrogens (tertiary/aromatic N) is 2. The van der Waals surface area contributed by atoms with Crippen molar-refractivity contribution < 1.29 is 23.8 Å². The smallest absolute Gasteiger partial charge is 0.306 e. The van der Waals surface area contributed by atoms with E-state index in [-0.39, 0.29) is 17.8 Å². The molecule has 0 amide bonds. The maximum Gasteiger partial charge on any atom is 0.306 e. The van der Waals surface area contributed by atoms with Gasteiger partial charge in [-0.2, -0.15) is 0 Å². The van der Waals surface area contributed by atoms with E-state index in [1.54, 1.807) is 13.2 Å². The number of pyridine rings is 1. The largest absolute Gasteiger partial charge is 0.485 e. The van der Waals surface area contributed by atoms with Gasteiger partial charge in [0.05, 0.1) is 19.2 Å².